The Hall–Kier alpha value is -3.42. The summed E-state index contributed by atoms with van der Waals surface area (Å²) in [7, 11) is 3.06. The van der Waals surface area contributed by atoms with Crippen molar-refractivity contribution in [2.45, 2.75) is 12.8 Å². The summed E-state index contributed by atoms with van der Waals surface area (Å²) in [6.07, 6.45) is 2.32. The zero-order valence-corrected chi connectivity index (χ0v) is 16.9. The minimum atomic E-state index is -0.406. The number of hydrazone groups is 1. The monoisotopic (exact) mass is 413 g/mol. The number of hydrogen-bond donors (Lipinski definition) is 1. The number of carbonyl (C=O) groups is 2. The molecule has 8 heteroatoms. The molecule has 0 spiro atoms. The largest absolute Gasteiger partial charge is 0.497 e. The highest BCUT2D eigenvalue weighted by atomic mass is 19.1. The van der Waals surface area contributed by atoms with E-state index < -0.39 is 5.82 Å². The van der Waals surface area contributed by atoms with Crippen LogP contribution in [-0.4, -0.2) is 50.2 Å². The van der Waals surface area contributed by atoms with Crippen LogP contribution in [0.5, 0.6) is 11.5 Å². The first-order chi connectivity index (χ1) is 14.5. The number of nitrogens with one attached hydrogen (secondary N) is 1. The van der Waals surface area contributed by atoms with Crippen LogP contribution in [0.4, 0.5) is 4.39 Å². The Kier molecular flexibility index (Phi) is 7.00. The van der Waals surface area contributed by atoms with Gasteiger partial charge in [0.15, 0.2) is 0 Å². The zero-order chi connectivity index (χ0) is 21.5. The SMILES string of the molecule is COc1cc(OC)cc(C(=O)N2CCC(C(=O)NN=Cc3ccccc3F)CC2)c1. The second kappa shape index (κ2) is 9.87. The minimum absolute atomic E-state index is 0.136. The van der Waals surface area contributed by atoms with Crippen LogP contribution >= 0.6 is 0 Å². The van der Waals surface area contributed by atoms with Gasteiger partial charge in [-0.05, 0) is 31.0 Å². The summed E-state index contributed by atoms with van der Waals surface area (Å²) in [6.45, 7) is 0.904. The Morgan fingerprint density at radius 1 is 1.10 bits per heavy atom. The average molecular weight is 413 g/mol. The standard InChI is InChI=1S/C22H24FN3O4/c1-29-18-11-17(12-19(13-18)30-2)22(28)26-9-7-15(8-10-26)21(27)25-24-14-16-5-3-4-6-20(16)23/h3-6,11-15H,7-10H2,1-2H3,(H,25,27). The molecule has 0 unspecified atom stereocenters. The van der Waals surface area contributed by atoms with Gasteiger partial charge in [0.25, 0.3) is 5.91 Å². The maximum atomic E-state index is 13.6. The molecule has 1 aliphatic rings. The Balaban J connectivity index is 1.55. The van der Waals surface area contributed by atoms with Gasteiger partial charge in [-0.25, -0.2) is 9.82 Å². The van der Waals surface area contributed by atoms with Gasteiger partial charge in [0.2, 0.25) is 5.91 Å². The normalized spacial score (nSPS) is 14.6. The number of hydrogen-bond acceptors (Lipinski definition) is 5. The van der Waals surface area contributed by atoms with Gasteiger partial charge in [0.1, 0.15) is 17.3 Å². The highest BCUT2D eigenvalue weighted by molar-refractivity contribution is 5.95. The highest BCUT2D eigenvalue weighted by Crippen LogP contribution is 2.25. The third-order valence-electron chi connectivity index (χ3n) is 5.03. The van der Waals surface area contributed by atoms with Crippen LogP contribution in [0.25, 0.3) is 0 Å². The smallest absolute Gasteiger partial charge is 0.254 e. The summed E-state index contributed by atoms with van der Waals surface area (Å²) in [5, 5.41) is 3.84. The fraction of sp³-hybridized carbons (Fsp3) is 0.318. The molecule has 2 aromatic rings. The summed E-state index contributed by atoms with van der Waals surface area (Å²) in [4.78, 5) is 26.9. The molecule has 0 saturated carbocycles. The van der Waals surface area contributed by atoms with E-state index in [1.54, 1.807) is 41.3 Å². The Labute approximate surface area is 174 Å². The molecule has 1 heterocycles. The maximum absolute atomic E-state index is 13.6. The molecule has 1 saturated heterocycles. The third-order valence-corrected chi connectivity index (χ3v) is 5.03. The molecule has 0 aromatic heterocycles. The van der Waals surface area contributed by atoms with Crippen molar-refractivity contribution >= 4 is 18.0 Å². The Morgan fingerprint density at radius 2 is 1.73 bits per heavy atom. The average Bonchev–Trinajstić information content (AvgIpc) is 2.79. The summed E-state index contributed by atoms with van der Waals surface area (Å²) < 4.78 is 24.0. The number of amides is 2. The van der Waals surface area contributed by atoms with Gasteiger partial charge in [-0.3, -0.25) is 9.59 Å². The van der Waals surface area contributed by atoms with Crippen LogP contribution in [0, 0.1) is 11.7 Å². The molecule has 7 nitrogen and oxygen atoms in total. The lowest BCUT2D eigenvalue weighted by Gasteiger charge is -2.31. The van der Waals surface area contributed by atoms with Crippen molar-refractivity contribution in [2.75, 3.05) is 27.3 Å². The first-order valence-corrected chi connectivity index (χ1v) is 9.61. The van der Waals surface area contributed by atoms with E-state index in [-0.39, 0.29) is 17.7 Å². The van der Waals surface area contributed by atoms with Crippen LogP contribution in [0.15, 0.2) is 47.6 Å². The van der Waals surface area contributed by atoms with Gasteiger partial charge < -0.3 is 14.4 Å². The second-order valence-electron chi connectivity index (χ2n) is 6.92. The molecule has 30 heavy (non-hydrogen) atoms. The molecule has 0 radical (unpaired) electrons. The zero-order valence-electron chi connectivity index (χ0n) is 16.9. The number of ether oxygens (including phenoxy) is 2. The van der Waals surface area contributed by atoms with Gasteiger partial charge in [0, 0.05) is 36.2 Å². The van der Waals surface area contributed by atoms with Gasteiger partial charge in [-0.15, -0.1) is 0 Å². The lowest BCUT2D eigenvalue weighted by Crippen LogP contribution is -2.42. The minimum Gasteiger partial charge on any atom is -0.497 e. The van der Waals surface area contributed by atoms with Crippen LogP contribution < -0.4 is 14.9 Å². The van der Waals surface area contributed by atoms with E-state index in [1.807, 2.05) is 0 Å². The van der Waals surface area contributed by atoms with Crippen molar-refractivity contribution in [1.82, 2.24) is 10.3 Å². The molecular weight excluding hydrogens is 389 g/mol. The van der Waals surface area contributed by atoms with Crippen molar-refractivity contribution in [3.05, 3.63) is 59.4 Å². The lowest BCUT2D eigenvalue weighted by atomic mass is 9.95. The maximum Gasteiger partial charge on any atom is 0.254 e. The topological polar surface area (TPSA) is 80.2 Å². The van der Waals surface area contributed by atoms with Crippen LogP contribution in [0.3, 0.4) is 0 Å². The van der Waals surface area contributed by atoms with E-state index in [1.165, 1.54) is 26.5 Å². The fourth-order valence-electron chi connectivity index (χ4n) is 3.29. The van der Waals surface area contributed by atoms with E-state index in [0.29, 0.717) is 48.6 Å². The first kappa shape index (κ1) is 21.3. The quantitative estimate of drug-likeness (QED) is 0.583. The second-order valence-corrected chi connectivity index (χ2v) is 6.92. The van der Waals surface area contributed by atoms with Crippen LogP contribution in [-0.2, 0) is 4.79 Å². The predicted octanol–water partition coefficient (Wildman–Crippen LogP) is 2.85. The van der Waals surface area contributed by atoms with Crippen molar-refractivity contribution in [2.24, 2.45) is 11.0 Å². The van der Waals surface area contributed by atoms with Crippen molar-refractivity contribution in [1.29, 1.82) is 0 Å². The Bertz CT molecular complexity index is 917. The molecule has 158 valence electrons. The van der Waals surface area contributed by atoms with E-state index in [9.17, 15) is 14.0 Å². The van der Waals surface area contributed by atoms with Gasteiger partial charge in [-0.2, -0.15) is 5.10 Å². The van der Waals surface area contributed by atoms with Crippen molar-refractivity contribution in [3.63, 3.8) is 0 Å². The summed E-state index contributed by atoms with van der Waals surface area (Å²) in [5.41, 5.74) is 3.23. The first-order valence-electron chi connectivity index (χ1n) is 9.61. The number of methoxy groups -OCH3 is 2. The molecular formula is C22H24FN3O4. The number of rotatable bonds is 6. The number of piperidine rings is 1. The highest BCUT2D eigenvalue weighted by Gasteiger charge is 2.28. The fourth-order valence-corrected chi connectivity index (χ4v) is 3.29. The summed E-state index contributed by atoms with van der Waals surface area (Å²) >= 11 is 0. The Morgan fingerprint density at radius 3 is 2.33 bits per heavy atom. The molecule has 0 bridgehead atoms. The summed E-state index contributed by atoms with van der Waals surface area (Å²) in [5.74, 6) is 0.0453. The molecule has 1 aliphatic heterocycles. The third kappa shape index (κ3) is 5.14. The molecule has 3 rings (SSSR count). The van der Waals surface area contributed by atoms with Crippen LogP contribution in [0.2, 0.25) is 0 Å². The molecule has 0 aliphatic carbocycles. The van der Waals surface area contributed by atoms with E-state index in [4.69, 9.17) is 9.47 Å². The van der Waals surface area contributed by atoms with Crippen molar-refractivity contribution in [3.8, 4) is 11.5 Å². The number of carbonyl (C=O) groups excluding carboxylic acids is 2. The molecule has 2 aromatic carbocycles. The molecule has 2 amide bonds. The molecule has 1 N–H and O–H groups in total. The molecule has 0 atom stereocenters. The van der Waals surface area contributed by atoms with Gasteiger partial charge in [-0.1, -0.05) is 18.2 Å². The number of likely N-dealkylation sites (tertiary alicyclic amines) is 1. The van der Waals surface area contributed by atoms with E-state index in [2.05, 4.69) is 10.5 Å². The summed E-state index contributed by atoms with van der Waals surface area (Å²) in [6, 6.07) is 11.2. The number of halogens is 1. The van der Waals surface area contributed by atoms with E-state index in [0.717, 1.165) is 0 Å². The molecule has 1 fully saturated rings. The predicted molar refractivity (Wildman–Crippen MR) is 110 cm³/mol. The van der Waals surface area contributed by atoms with Crippen molar-refractivity contribution < 1.29 is 23.5 Å². The van der Waals surface area contributed by atoms with E-state index >= 15 is 0 Å². The van der Waals surface area contributed by atoms with Crippen LogP contribution in [0.1, 0.15) is 28.8 Å². The lowest BCUT2D eigenvalue weighted by molar-refractivity contribution is -0.126. The van der Waals surface area contributed by atoms with Gasteiger partial charge in [0.05, 0.1) is 20.4 Å². The van der Waals surface area contributed by atoms with Gasteiger partial charge >= 0.3 is 0 Å². The number of benzene rings is 2. The number of nitrogens with zero attached hydrogens (tertiary/aromatic N) is 2.